The predicted molar refractivity (Wildman–Crippen MR) is 104 cm³/mol. The van der Waals surface area contributed by atoms with Gasteiger partial charge in [0, 0.05) is 19.3 Å². The average molecular weight is 404 g/mol. The fraction of sp³-hybridized carbons (Fsp3) is 0.389. The van der Waals surface area contributed by atoms with Crippen molar-refractivity contribution < 1.29 is 12.8 Å². The molecule has 0 unspecified atom stereocenters. The summed E-state index contributed by atoms with van der Waals surface area (Å²) in [6.45, 7) is 2.07. The van der Waals surface area contributed by atoms with Gasteiger partial charge in [0.15, 0.2) is 0 Å². The number of hydrogen-bond donors (Lipinski definition) is 1. The van der Waals surface area contributed by atoms with Crippen molar-refractivity contribution in [1.29, 1.82) is 0 Å². The van der Waals surface area contributed by atoms with Crippen molar-refractivity contribution in [2.24, 2.45) is 0 Å². The number of halogens is 1. The quantitative estimate of drug-likeness (QED) is 0.714. The normalized spacial score (nSPS) is 21.1. The molecule has 1 N–H and O–H groups in total. The molecule has 0 amide bonds. The fourth-order valence-electron chi connectivity index (χ4n) is 3.29. The topological polar surface area (TPSA) is 92.5 Å². The highest BCUT2D eigenvalue weighted by atomic mass is 32.2. The minimum atomic E-state index is -3.39. The molecule has 8 nitrogen and oxygen atoms in total. The third-order valence-electron chi connectivity index (χ3n) is 4.86. The van der Waals surface area contributed by atoms with Crippen molar-refractivity contribution in [1.82, 2.24) is 23.9 Å². The predicted octanol–water partition coefficient (Wildman–Crippen LogP) is 1.88. The second-order valence-corrected chi connectivity index (χ2v) is 9.02. The van der Waals surface area contributed by atoms with E-state index in [1.807, 2.05) is 31.2 Å². The molecule has 1 fully saturated rings. The number of nitrogens with zero attached hydrogens (tertiary/aromatic N) is 5. The Bertz CT molecular complexity index is 1100. The number of anilines is 1. The number of aromatic nitrogens is 4. The van der Waals surface area contributed by atoms with Crippen LogP contribution < -0.4 is 5.32 Å². The van der Waals surface area contributed by atoms with E-state index in [1.165, 1.54) is 0 Å². The number of fused-ring (bicyclic) bond motifs is 1. The SMILES string of the molecule is Cc1ccc(-c2ccc3cnc(N[C@@H]4CCN(S(C)(=O)=O)C[C@@H]4F)nn23)nc1. The van der Waals surface area contributed by atoms with Gasteiger partial charge in [-0.05, 0) is 37.1 Å². The van der Waals surface area contributed by atoms with Gasteiger partial charge in [-0.2, -0.15) is 4.31 Å². The van der Waals surface area contributed by atoms with Crippen LogP contribution in [-0.4, -0.2) is 63.9 Å². The molecule has 0 spiro atoms. The lowest BCUT2D eigenvalue weighted by Gasteiger charge is -2.33. The molecule has 28 heavy (non-hydrogen) atoms. The van der Waals surface area contributed by atoms with E-state index in [0.717, 1.165) is 33.0 Å². The first-order valence-corrected chi connectivity index (χ1v) is 10.8. The maximum Gasteiger partial charge on any atom is 0.241 e. The molecule has 3 aromatic rings. The van der Waals surface area contributed by atoms with E-state index in [4.69, 9.17) is 0 Å². The largest absolute Gasteiger partial charge is 0.347 e. The Morgan fingerprint density at radius 3 is 2.68 bits per heavy atom. The summed E-state index contributed by atoms with van der Waals surface area (Å²) in [4.78, 5) is 8.70. The molecule has 0 saturated carbocycles. The van der Waals surface area contributed by atoms with Crippen molar-refractivity contribution in [3.05, 3.63) is 42.2 Å². The summed E-state index contributed by atoms with van der Waals surface area (Å²) < 4.78 is 40.6. The smallest absolute Gasteiger partial charge is 0.241 e. The molecule has 0 aliphatic carbocycles. The third kappa shape index (κ3) is 3.69. The summed E-state index contributed by atoms with van der Waals surface area (Å²) in [5.41, 5.74) is 3.45. The van der Waals surface area contributed by atoms with Gasteiger partial charge in [0.05, 0.1) is 35.4 Å². The van der Waals surface area contributed by atoms with E-state index in [1.54, 1.807) is 16.9 Å². The molecule has 2 atom stereocenters. The average Bonchev–Trinajstić information content (AvgIpc) is 3.06. The number of sulfonamides is 1. The van der Waals surface area contributed by atoms with Crippen molar-refractivity contribution in [2.75, 3.05) is 24.7 Å². The maximum absolute atomic E-state index is 14.5. The lowest BCUT2D eigenvalue weighted by atomic mass is 10.1. The summed E-state index contributed by atoms with van der Waals surface area (Å²) in [7, 11) is -3.39. The second-order valence-electron chi connectivity index (χ2n) is 7.03. The molecule has 4 rings (SSSR count). The molecule has 0 aromatic carbocycles. The van der Waals surface area contributed by atoms with E-state index < -0.39 is 22.2 Å². The van der Waals surface area contributed by atoms with Crippen LogP contribution in [0, 0.1) is 6.92 Å². The Balaban J connectivity index is 1.57. The first kappa shape index (κ1) is 18.8. The van der Waals surface area contributed by atoms with Crippen LogP contribution in [0.15, 0.2) is 36.7 Å². The zero-order chi connectivity index (χ0) is 19.9. The van der Waals surface area contributed by atoms with Crippen LogP contribution in [0.2, 0.25) is 0 Å². The summed E-state index contributed by atoms with van der Waals surface area (Å²) in [6, 6.07) is 7.15. The van der Waals surface area contributed by atoms with Crippen molar-refractivity contribution in [3.8, 4) is 11.4 Å². The number of hydrogen-bond acceptors (Lipinski definition) is 6. The van der Waals surface area contributed by atoms with Gasteiger partial charge in [0.25, 0.3) is 0 Å². The maximum atomic E-state index is 14.5. The van der Waals surface area contributed by atoms with Crippen molar-refractivity contribution >= 4 is 21.5 Å². The van der Waals surface area contributed by atoms with Crippen LogP contribution in [0.25, 0.3) is 16.9 Å². The minimum Gasteiger partial charge on any atom is -0.347 e. The highest BCUT2D eigenvalue weighted by molar-refractivity contribution is 7.88. The Morgan fingerprint density at radius 1 is 1.18 bits per heavy atom. The zero-order valence-corrected chi connectivity index (χ0v) is 16.4. The highest BCUT2D eigenvalue weighted by Crippen LogP contribution is 2.22. The summed E-state index contributed by atoms with van der Waals surface area (Å²) in [5.74, 6) is 0.289. The summed E-state index contributed by atoms with van der Waals surface area (Å²) in [6.07, 6.45) is 3.54. The van der Waals surface area contributed by atoms with E-state index in [9.17, 15) is 12.8 Å². The van der Waals surface area contributed by atoms with Crippen LogP contribution in [-0.2, 0) is 10.0 Å². The fourth-order valence-corrected chi connectivity index (χ4v) is 4.14. The van der Waals surface area contributed by atoms with Crippen LogP contribution in [0.5, 0.6) is 0 Å². The van der Waals surface area contributed by atoms with Gasteiger partial charge in [-0.15, -0.1) is 5.10 Å². The van der Waals surface area contributed by atoms with Gasteiger partial charge in [-0.3, -0.25) is 4.98 Å². The Labute approximate surface area is 162 Å². The zero-order valence-electron chi connectivity index (χ0n) is 15.6. The van der Waals surface area contributed by atoms with Crippen LogP contribution in [0.4, 0.5) is 10.3 Å². The highest BCUT2D eigenvalue weighted by Gasteiger charge is 2.33. The van der Waals surface area contributed by atoms with E-state index >= 15 is 0 Å². The van der Waals surface area contributed by atoms with Gasteiger partial charge in [0.2, 0.25) is 16.0 Å². The van der Waals surface area contributed by atoms with Crippen LogP contribution in [0.3, 0.4) is 0 Å². The molecule has 0 bridgehead atoms. The first-order valence-electron chi connectivity index (χ1n) is 8.95. The molecule has 4 heterocycles. The van der Waals surface area contributed by atoms with E-state index in [0.29, 0.717) is 6.42 Å². The molecule has 0 radical (unpaired) electrons. The number of pyridine rings is 1. The summed E-state index contributed by atoms with van der Waals surface area (Å²) in [5, 5.41) is 7.50. The number of piperidine rings is 1. The van der Waals surface area contributed by atoms with Gasteiger partial charge in [-0.1, -0.05) is 6.07 Å². The van der Waals surface area contributed by atoms with E-state index in [2.05, 4.69) is 20.4 Å². The van der Waals surface area contributed by atoms with Gasteiger partial charge >= 0.3 is 0 Å². The van der Waals surface area contributed by atoms with Gasteiger partial charge in [0.1, 0.15) is 6.17 Å². The number of nitrogens with one attached hydrogen (secondary N) is 1. The molecule has 1 saturated heterocycles. The summed E-state index contributed by atoms with van der Waals surface area (Å²) >= 11 is 0. The molecule has 10 heteroatoms. The van der Waals surface area contributed by atoms with E-state index in [-0.39, 0.29) is 19.0 Å². The van der Waals surface area contributed by atoms with Gasteiger partial charge in [-0.25, -0.2) is 22.3 Å². The first-order chi connectivity index (χ1) is 13.3. The Morgan fingerprint density at radius 2 is 2.00 bits per heavy atom. The molecular formula is C18H21FN6O2S. The minimum absolute atomic E-state index is 0.166. The molecule has 1 aliphatic heterocycles. The number of rotatable bonds is 4. The monoisotopic (exact) mass is 404 g/mol. The van der Waals surface area contributed by atoms with Crippen LogP contribution in [0.1, 0.15) is 12.0 Å². The standard InChI is InChI=1S/C18H21FN6O2S/c1-12-3-5-16(20-9-12)17-6-4-13-10-21-18(23-25(13)17)22-15-7-8-24(11-14(15)19)28(2,26)27/h3-6,9-10,14-15H,7-8,11H2,1-2H3,(H,22,23)/t14-,15+/m0/s1. The molecule has 1 aliphatic rings. The number of alkyl halides is 1. The Hall–Kier alpha value is -2.59. The van der Waals surface area contributed by atoms with Crippen LogP contribution >= 0.6 is 0 Å². The molecule has 3 aromatic heterocycles. The Kier molecular flexibility index (Phi) is 4.76. The second kappa shape index (κ2) is 7.10. The lowest BCUT2D eigenvalue weighted by molar-refractivity contribution is 0.186. The number of aryl methyl sites for hydroxylation is 1. The lowest BCUT2D eigenvalue weighted by Crippen LogP contribution is -2.49. The molecular weight excluding hydrogens is 383 g/mol. The molecule has 148 valence electrons. The van der Waals surface area contributed by atoms with Crippen molar-refractivity contribution in [3.63, 3.8) is 0 Å². The van der Waals surface area contributed by atoms with Crippen molar-refractivity contribution in [2.45, 2.75) is 25.6 Å². The third-order valence-corrected chi connectivity index (χ3v) is 6.13. The van der Waals surface area contributed by atoms with Gasteiger partial charge < -0.3 is 5.32 Å².